The standard InChI is InChI=1S/C25H28N4O5/c1-18(23(31)28-13-11-27(12-14-28)16-19-5-3-2-4-6-19)34-24(32)21-9-7-20(8-10-21)17-29-22(30)15-26-25(29)33/h2-10,18H,11-17H2,1H3,(H,26,33)/t18-/m0/s1. The minimum atomic E-state index is -0.890. The highest BCUT2D eigenvalue weighted by atomic mass is 16.5. The number of esters is 1. The molecule has 0 unspecified atom stereocenters. The van der Waals surface area contributed by atoms with Crippen molar-refractivity contribution in [2.24, 2.45) is 0 Å². The Labute approximate surface area is 198 Å². The van der Waals surface area contributed by atoms with Gasteiger partial charge in [-0.15, -0.1) is 0 Å². The topological polar surface area (TPSA) is 99.3 Å². The monoisotopic (exact) mass is 464 g/mol. The van der Waals surface area contributed by atoms with E-state index >= 15 is 0 Å². The molecule has 0 aromatic heterocycles. The molecule has 9 nitrogen and oxygen atoms in total. The predicted octanol–water partition coefficient (Wildman–Crippen LogP) is 1.63. The van der Waals surface area contributed by atoms with Gasteiger partial charge in [-0.25, -0.2) is 9.59 Å². The molecule has 2 aromatic rings. The van der Waals surface area contributed by atoms with Gasteiger partial charge in [0, 0.05) is 32.7 Å². The average molecular weight is 465 g/mol. The summed E-state index contributed by atoms with van der Waals surface area (Å²) in [6.07, 6.45) is -0.890. The second-order valence-electron chi connectivity index (χ2n) is 8.47. The van der Waals surface area contributed by atoms with Gasteiger partial charge in [0.2, 0.25) is 5.91 Å². The van der Waals surface area contributed by atoms with Gasteiger partial charge in [0.15, 0.2) is 6.10 Å². The Bertz CT molecular complexity index is 1030. The van der Waals surface area contributed by atoms with E-state index in [0.29, 0.717) is 24.2 Å². The molecule has 0 aliphatic carbocycles. The van der Waals surface area contributed by atoms with Crippen LogP contribution in [0.4, 0.5) is 4.79 Å². The molecule has 0 saturated carbocycles. The molecule has 2 saturated heterocycles. The molecule has 178 valence electrons. The third-order valence-corrected chi connectivity index (χ3v) is 6.03. The van der Waals surface area contributed by atoms with E-state index in [4.69, 9.17) is 4.74 Å². The van der Waals surface area contributed by atoms with Gasteiger partial charge in [0.25, 0.3) is 5.91 Å². The van der Waals surface area contributed by atoms with Crippen molar-refractivity contribution < 1.29 is 23.9 Å². The van der Waals surface area contributed by atoms with Gasteiger partial charge in [-0.1, -0.05) is 42.5 Å². The van der Waals surface area contributed by atoms with Crippen LogP contribution in [0.3, 0.4) is 0 Å². The molecular formula is C25H28N4O5. The Morgan fingerprint density at radius 2 is 1.56 bits per heavy atom. The van der Waals surface area contributed by atoms with Crippen LogP contribution in [0, 0.1) is 0 Å². The van der Waals surface area contributed by atoms with Gasteiger partial charge < -0.3 is 15.0 Å². The van der Waals surface area contributed by atoms with Crippen molar-refractivity contribution in [3.8, 4) is 0 Å². The van der Waals surface area contributed by atoms with E-state index in [1.165, 1.54) is 5.56 Å². The maximum atomic E-state index is 12.8. The molecule has 34 heavy (non-hydrogen) atoms. The van der Waals surface area contributed by atoms with Crippen molar-refractivity contribution in [2.75, 3.05) is 32.7 Å². The normalized spacial score (nSPS) is 17.4. The molecule has 2 heterocycles. The van der Waals surface area contributed by atoms with Crippen molar-refractivity contribution in [3.63, 3.8) is 0 Å². The van der Waals surface area contributed by atoms with Crippen molar-refractivity contribution >= 4 is 23.8 Å². The lowest BCUT2D eigenvalue weighted by atomic mass is 10.1. The SMILES string of the molecule is C[C@H](OC(=O)c1ccc(CN2C(=O)CNC2=O)cc1)C(=O)N1CCN(Cc2ccccc2)CC1. The number of rotatable bonds is 7. The summed E-state index contributed by atoms with van der Waals surface area (Å²) >= 11 is 0. The zero-order chi connectivity index (χ0) is 24.1. The van der Waals surface area contributed by atoms with E-state index in [0.717, 1.165) is 24.5 Å². The summed E-state index contributed by atoms with van der Waals surface area (Å²) < 4.78 is 5.41. The lowest BCUT2D eigenvalue weighted by molar-refractivity contribution is -0.141. The molecule has 2 aliphatic heterocycles. The molecule has 2 fully saturated rings. The number of hydrogen-bond acceptors (Lipinski definition) is 6. The van der Waals surface area contributed by atoms with Gasteiger partial charge in [-0.05, 0) is 30.2 Å². The van der Waals surface area contributed by atoms with Crippen molar-refractivity contribution in [1.29, 1.82) is 0 Å². The summed E-state index contributed by atoms with van der Waals surface area (Å²) in [5.74, 6) is -1.09. The number of carbonyl (C=O) groups is 4. The minimum Gasteiger partial charge on any atom is -0.449 e. The van der Waals surface area contributed by atoms with E-state index < -0.39 is 18.1 Å². The third kappa shape index (κ3) is 5.60. The van der Waals surface area contributed by atoms with Crippen LogP contribution in [0.2, 0.25) is 0 Å². The number of carbonyl (C=O) groups excluding carboxylic acids is 4. The van der Waals surface area contributed by atoms with Gasteiger partial charge in [-0.3, -0.25) is 19.4 Å². The molecule has 4 amide bonds. The second kappa shape index (κ2) is 10.5. The molecule has 2 aromatic carbocycles. The zero-order valence-electron chi connectivity index (χ0n) is 19.1. The van der Waals surface area contributed by atoms with Crippen LogP contribution in [0.5, 0.6) is 0 Å². The predicted molar refractivity (Wildman–Crippen MR) is 124 cm³/mol. The summed E-state index contributed by atoms with van der Waals surface area (Å²) in [4.78, 5) is 53.9. The van der Waals surface area contributed by atoms with E-state index in [2.05, 4.69) is 22.3 Å². The first-order chi connectivity index (χ1) is 16.4. The lowest BCUT2D eigenvalue weighted by Gasteiger charge is -2.35. The summed E-state index contributed by atoms with van der Waals surface area (Å²) in [6, 6.07) is 16.2. The molecule has 0 radical (unpaired) electrons. The van der Waals surface area contributed by atoms with E-state index in [1.807, 2.05) is 18.2 Å². The maximum absolute atomic E-state index is 12.8. The highest BCUT2D eigenvalue weighted by Gasteiger charge is 2.29. The van der Waals surface area contributed by atoms with Crippen molar-refractivity contribution in [3.05, 3.63) is 71.3 Å². The van der Waals surface area contributed by atoms with Crippen LogP contribution in [-0.4, -0.2) is 77.3 Å². The second-order valence-corrected chi connectivity index (χ2v) is 8.47. The number of imide groups is 1. The fourth-order valence-electron chi connectivity index (χ4n) is 4.05. The van der Waals surface area contributed by atoms with Gasteiger partial charge in [0.1, 0.15) is 0 Å². The quantitative estimate of drug-likeness (QED) is 0.494. The number of urea groups is 1. The van der Waals surface area contributed by atoms with Crippen molar-refractivity contribution in [1.82, 2.24) is 20.0 Å². The van der Waals surface area contributed by atoms with Crippen LogP contribution < -0.4 is 5.32 Å². The van der Waals surface area contributed by atoms with Crippen LogP contribution in [0.25, 0.3) is 0 Å². The number of ether oxygens (including phenoxy) is 1. The van der Waals surface area contributed by atoms with E-state index in [1.54, 1.807) is 36.1 Å². The molecule has 0 bridgehead atoms. The number of piperazine rings is 1. The molecule has 0 spiro atoms. The third-order valence-electron chi connectivity index (χ3n) is 6.03. The molecule has 1 atom stereocenters. The lowest BCUT2D eigenvalue weighted by Crippen LogP contribution is -2.51. The Balaban J connectivity index is 1.25. The van der Waals surface area contributed by atoms with Crippen LogP contribution in [0.15, 0.2) is 54.6 Å². The first-order valence-electron chi connectivity index (χ1n) is 11.3. The van der Waals surface area contributed by atoms with E-state index in [9.17, 15) is 19.2 Å². The van der Waals surface area contributed by atoms with Gasteiger partial charge in [0.05, 0.1) is 18.7 Å². The summed E-state index contributed by atoms with van der Waals surface area (Å²) in [6.45, 7) is 5.27. The first-order valence-corrected chi connectivity index (χ1v) is 11.3. The van der Waals surface area contributed by atoms with Crippen LogP contribution >= 0.6 is 0 Å². The summed E-state index contributed by atoms with van der Waals surface area (Å²) in [7, 11) is 0. The minimum absolute atomic E-state index is 0.00274. The highest BCUT2D eigenvalue weighted by molar-refractivity contribution is 6.01. The Morgan fingerprint density at radius 1 is 0.912 bits per heavy atom. The molecule has 9 heteroatoms. The van der Waals surface area contributed by atoms with Crippen molar-refractivity contribution in [2.45, 2.75) is 26.1 Å². The summed E-state index contributed by atoms with van der Waals surface area (Å²) in [5.41, 5.74) is 2.25. The Hall–Kier alpha value is -3.72. The average Bonchev–Trinajstić information content (AvgIpc) is 3.17. The highest BCUT2D eigenvalue weighted by Crippen LogP contribution is 2.14. The summed E-state index contributed by atoms with van der Waals surface area (Å²) in [5, 5.41) is 2.47. The number of nitrogens with zero attached hydrogens (tertiary/aromatic N) is 3. The number of benzene rings is 2. The maximum Gasteiger partial charge on any atom is 0.338 e. The number of amides is 4. The Morgan fingerprint density at radius 3 is 2.18 bits per heavy atom. The Kier molecular flexibility index (Phi) is 7.22. The van der Waals surface area contributed by atoms with Gasteiger partial charge >= 0.3 is 12.0 Å². The molecule has 2 aliphatic rings. The largest absolute Gasteiger partial charge is 0.449 e. The van der Waals surface area contributed by atoms with E-state index in [-0.39, 0.29) is 24.9 Å². The molecule has 1 N–H and O–H groups in total. The van der Waals surface area contributed by atoms with Crippen LogP contribution in [-0.2, 0) is 27.4 Å². The number of nitrogens with one attached hydrogen (secondary N) is 1. The molecular weight excluding hydrogens is 436 g/mol. The zero-order valence-corrected chi connectivity index (χ0v) is 19.1. The number of hydrogen-bond donors (Lipinski definition) is 1. The fourth-order valence-corrected chi connectivity index (χ4v) is 4.05. The first kappa shape index (κ1) is 23.4. The smallest absolute Gasteiger partial charge is 0.338 e. The fraction of sp³-hybridized carbons (Fsp3) is 0.360. The van der Waals surface area contributed by atoms with Crippen LogP contribution in [0.1, 0.15) is 28.4 Å². The molecule has 4 rings (SSSR count). The van der Waals surface area contributed by atoms with Gasteiger partial charge in [-0.2, -0.15) is 0 Å².